The van der Waals surface area contributed by atoms with E-state index in [0.717, 1.165) is 64.4 Å². The second kappa shape index (κ2) is 8.54. The summed E-state index contributed by atoms with van der Waals surface area (Å²) in [7, 11) is 2.26. The number of aryl methyl sites for hydroxylation is 1. The Labute approximate surface area is 170 Å². The summed E-state index contributed by atoms with van der Waals surface area (Å²) in [5.41, 5.74) is 1.13. The average molecular weight is 390 g/mol. The Morgan fingerprint density at radius 3 is 2.57 bits per heavy atom. The van der Waals surface area contributed by atoms with Gasteiger partial charge in [0, 0.05) is 68.5 Å². The number of aromatic amines is 1. The van der Waals surface area contributed by atoms with Crippen molar-refractivity contribution in [2.75, 3.05) is 39.8 Å². The summed E-state index contributed by atoms with van der Waals surface area (Å²) < 4.78 is 0. The van der Waals surface area contributed by atoms with E-state index in [-0.39, 0.29) is 16.9 Å². The van der Waals surface area contributed by atoms with E-state index in [4.69, 9.17) is 0 Å². The van der Waals surface area contributed by atoms with Crippen LogP contribution in [0.5, 0.6) is 0 Å². The first kappa shape index (κ1) is 21.3. The lowest BCUT2D eigenvalue weighted by molar-refractivity contribution is -0.143. The van der Waals surface area contributed by atoms with Gasteiger partial charge in [-0.3, -0.25) is 14.6 Å². The maximum absolute atomic E-state index is 12.6. The summed E-state index contributed by atoms with van der Waals surface area (Å²) in [6.45, 7) is 14.2. The first-order valence-corrected chi connectivity index (χ1v) is 11.0. The van der Waals surface area contributed by atoms with Crippen molar-refractivity contribution in [3.63, 3.8) is 0 Å². The van der Waals surface area contributed by atoms with Crippen LogP contribution in [0.4, 0.5) is 0 Å². The first-order chi connectivity index (χ1) is 13.2. The Balaban J connectivity index is 1.59. The number of hydrogen-bond acceptors (Lipinski definition) is 4. The topological polar surface area (TPSA) is 55.5 Å². The van der Waals surface area contributed by atoms with Crippen molar-refractivity contribution in [3.8, 4) is 0 Å². The van der Waals surface area contributed by atoms with Gasteiger partial charge in [-0.25, -0.2) is 4.98 Å². The molecule has 0 aliphatic carbocycles. The molecule has 0 saturated carbocycles. The molecule has 2 saturated heterocycles. The number of rotatable bonds is 5. The van der Waals surface area contributed by atoms with Gasteiger partial charge < -0.3 is 9.88 Å². The van der Waals surface area contributed by atoms with Gasteiger partial charge in [-0.2, -0.15) is 0 Å². The molecule has 3 rings (SSSR count). The van der Waals surface area contributed by atoms with Crippen molar-refractivity contribution in [1.29, 1.82) is 0 Å². The van der Waals surface area contributed by atoms with Gasteiger partial charge in [-0.1, -0.05) is 34.1 Å². The zero-order chi connectivity index (χ0) is 20.4. The lowest BCUT2D eigenvalue weighted by Crippen LogP contribution is -2.64. The molecule has 2 aliphatic rings. The van der Waals surface area contributed by atoms with Crippen molar-refractivity contribution in [1.82, 2.24) is 24.7 Å². The van der Waals surface area contributed by atoms with Crippen molar-refractivity contribution < 1.29 is 4.79 Å². The summed E-state index contributed by atoms with van der Waals surface area (Å²) >= 11 is 0. The van der Waals surface area contributed by atoms with Crippen LogP contribution in [-0.4, -0.2) is 75.9 Å². The van der Waals surface area contributed by atoms with Crippen LogP contribution in [0.2, 0.25) is 0 Å². The highest BCUT2D eigenvalue weighted by Gasteiger charge is 2.43. The lowest BCUT2D eigenvalue weighted by atomic mass is 9.82. The number of aromatic nitrogens is 2. The Hall–Kier alpha value is -1.40. The second-order valence-corrected chi connectivity index (χ2v) is 9.86. The number of nitrogens with zero attached hydrogens (tertiary/aromatic N) is 4. The number of likely N-dealkylation sites (tertiary alicyclic amines) is 1. The van der Waals surface area contributed by atoms with E-state index in [1.54, 1.807) is 0 Å². The molecule has 28 heavy (non-hydrogen) atoms. The van der Waals surface area contributed by atoms with Gasteiger partial charge >= 0.3 is 0 Å². The minimum absolute atomic E-state index is 0.192. The Kier molecular flexibility index (Phi) is 6.50. The van der Waals surface area contributed by atoms with Crippen molar-refractivity contribution in [3.05, 3.63) is 17.7 Å². The van der Waals surface area contributed by atoms with Gasteiger partial charge in [0.05, 0.1) is 0 Å². The van der Waals surface area contributed by atoms with Crippen LogP contribution >= 0.6 is 0 Å². The number of likely N-dealkylation sites (N-methyl/N-ethyl adjacent to an activating group) is 1. The van der Waals surface area contributed by atoms with Gasteiger partial charge in [-0.05, 0) is 26.3 Å². The summed E-state index contributed by atoms with van der Waals surface area (Å²) in [5, 5.41) is 0. The van der Waals surface area contributed by atoms with Crippen molar-refractivity contribution in [2.45, 2.75) is 71.9 Å². The molecule has 1 N–H and O–H groups in total. The number of hydrogen-bond donors (Lipinski definition) is 1. The first-order valence-electron chi connectivity index (χ1n) is 11.0. The third-order valence-corrected chi connectivity index (χ3v) is 6.54. The molecule has 6 heteroatoms. The monoisotopic (exact) mass is 389 g/mol. The van der Waals surface area contributed by atoms with Crippen molar-refractivity contribution in [2.24, 2.45) is 5.41 Å². The average Bonchev–Trinajstić information content (AvgIpc) is 3.10. The second-order valence-electron chi connectivity index (χ2n) is 9.86. The zero-order valence-electron chi connectivity index (χ0n) is 18.6. The molecule has 1 spiro atoms. The standard InChI is InChI=1S/C22H39N5O/c1-6-7-8-19-23-15-18(24-19)16-26-14-13-25(5)22(17-26)9-11-27(12-10-22)20(28)21(2,3)4/h15H,6-14,16-17H2,1-5H3,(H,23,24). The third kappa shape index (κ3) is 4.77. The van der Waals surface area contributed by atoms with E-state index >= 15 is 0 Å². The van der Waals surface area contributed by atoms with Crippen LogP contribution < -0.4 is 0 Å². The number of piperidine rings is 1. The van der Waals surface area contributed by atoms with E-state index in [1.807, 2.05) is 27.0 Å². The van der Waals surface area contributed by atoms with Crippen LogP contribution in [-0.2, 0) is 17.8 Å². The maximum atomic E-state index is 12.6. The number of carbonyl (C=O) groups excluding carboxylic acids is 1. The highest BCUT2D eigenvalue weighted by molar-refractivity contribution is 5.81. The van der Waals surface area contributed by atoms with Crippen LogP contribution in [0, 0.1) is 5.41 Å². The molecular formula is C22H39N5O. The molecule has 158 valence electrons. The molecule has 0 aromatic carbocycles. The normalized spacial score (nSPS) is 21.4. The predicted octanol–water partition coefficient (Wildman–Crippen LogP) is 2.91. The number of H-pyrrole nitrogens is 1. The molecule has 0 bridgehead atoms. The van der Waals surface area contributed by atoms with Crippen LogP contribution in [0.25, 0.3) is 0 Å². The minimum atomic E-state index is -0.287. The summed E-state index contributed by atoms with van der Waals surface area (Å²) in [4.78, 5) is 27.9. The number of piperazine rings is 1. The van der Waals surface area contributed by atoms with E-state index in [0.29, 0.717) is 0 Å². The Bertz CT molecular complexity index is 654. The fraction of sp³-hybridized carbons (Fsp3) is 0.818. The molecule has 6 nitrogen and oxygen atoms in total. The van der Waals surface area contributed by atoms with Gasteiger partial charge in [-0.15, -0.1) is 0 Å². The molecule has 1 aromatic rings. The van der Waals surface area contributed by atoms with E-state index in [1.165, 1.54) is 18.5 Å². The lowest BCUT2D eigenvalue weighted by Gasteiger charge is -2.53. The highest BCUT2D eigenvalue weighted by atomic mass is 16.2. The zero-order valence-corrected chi connectivity index (χ0v) is 18.6. The molecule has 3 heterocycles. The molecule has 1 aromatic heterocycles. The summed E-state index contributed by atoms with van der Waals surface area (Å²) in [6, 6.07) is 0. The molecule has 0 atom stereocenters. The number of nitrogens with one attached hydrogen (secondary N) is 1. The fourth-order valence-electron chi connectivity index (χ4n) is 4.62. The quantitative estimate of drug-likeness (QED) is 0.841. The number of unbranched alkanes of at least 4 members (excludes halogenated alkanes) is 1. The molecule has 1 amide bonds. The van der Waals surface area contributed by atoms with Gasteiger partial charge in [0.25, 0.3) is 0 Å². The molecule has 2 aliphatic heterocycles. The van der Waals surface area contributed by atoms with E-state index in [2.05, 4.69) is 38.6 Å². The molecular weight excluding hydrogens is 350 g/mol. The van der Waals surface area contributed by atoms with E-state index in [9.17, 15) is 4.79 Å². The largest absolute Gasteiger partial charge is 0.345 e. The summed E-state index contributed by atoms with van der Waals surface area (Å²) in [6.07, 6.45) is 7.57. The molecule has 0 unspecified atom stereocenters. The van der Waals surface area contributed by atoms with Crippen LogP contribution in [0.15, 0.2) is 6.20 Å². The number of imidazole rings is 1. The number of carbonyl (C=O) groups is 1. The van der Waals surface area contributed by atoms with Crippen LogP contribution in [0.1, 0.15) is 64.9 Å². The predicted molar refractivity (Wildman–Crippen MR) is 113 cm³/mol. The minimum Gasteiger partial charge on any atom is -0.345 e. The van der Waals surface area contributed by atoms with Gasteiger partial charge in [0.2, 0.25) is 5.91 Å². The highest BCUT2D eigenvalue weighted by Crippen LogP contribution is 2.33. The number of amides is 1. The molecule has 2 fully saturated rings. The fourth-order valence-corrected chi connectivity index (χ4v) is 4.62. The Morgan fingerprint density at radius 2 is 1.93 bits per heavy atom. The van der Waals surface area contributed by atoms with Gasteiger partial charge in [0.15, 0.2) is 0 Å². The van der Waals surface area contributed by atoms with E-state index < -0.39 is 0 Å². The van der Waals surface area contributed by atoms with Gasteiger partial charge in [0.1, 0.15) is 5.82 Å². The molecule has 0 radical (unpaired) electrons. The smallest absolute Gasteiger partial charge is 0.227 e. The SMILES string of the molecule is CCCCc1ncc(CN2CCN(C)C3(CCN(C(=O)C(C)(C)C)CC3)C2)[nH]1. The third-order valence-electron chi connectivity index (χ3n) is 6.54. The Morgan fingerprint density at radius 1 is 1.21 bits per heavy atom. The van der Waals surface area contributed by atoms with Crippen molar-refractivity contribution >= 4 is 5.91 Å². The maximum Gasteiger partial charge on any atom is 0.227 e. The summed E-state index contributed by atoms with van der Waals surface area (Å²) in [5.74, 6) is 1.41. The van der Waals surface area contributed by atoms with Crippen LogP contribution in [0.3, 0.4) is 0 Å².